The first-order valence-electron chi connectivity index (χ1n) is 11.9. The van der Waals surface area contributed by atoms with Crippen LogP contribution in [0.1, 0.15) is 49.1 Å². The average Bonchev–Trinajstić information content (AvgIpc) is 3.27. The molecule has 6 rings (SSSR count). The van der Waals surface area contributed by atoms with Crippen molar-refractivity contribution in [2.45, 2.75) is 54.9 Å². The number of fused-ring (bicyclic) bond motifs is 3. The Balaban J connectivity index is 1.30. The Morgan fingerprint density at radius 2 is 1.91 bits per heavy atom. The number of rotatable bonds is 5. The molecule has 0 amide bonds. The number of benzene rings is 1. The molecule has 1 saturated heterocycles. The molecule has 4 aliphatic rings. The number of pyridine rings is 1. The quantitative estimate of drug-likeness (QED) is 0.678. The molecule has 2 aromatic rings. The number of nitrogens with zero attached hydrogens (tertiary/aromatic N) is 2. The Bertz CT molecular complexity index is 1040. The van der Waals surface area contributed by atoms with Crippen LogP contribution < -0.4 is 10.2 Å². The van der Waals surface area contributed by atoms with E-state index in [1.807, 2.05) is 12.1 Å². The van der Waals surface area contributed by atoms with Crippen LogP contribution in [0, 0.1) is 11.8 Å². The molecule has 5 nitrogen and oxygen atoms in total. The normalized spacial score (nSPS) is 30.1. The van der Waals surface area contributed by atoms with Gasteiger partial charge in [0.1, 0.15) is 11.6 Å². The van der Waals surface area contributed by atoms with Crippen molar-refractivity contribution >= 4 is 34.0 Å². The molecule has 32 heavy (non-hydrogen) atoms. The zero-order chi connectivity index (χ0) is 21.9. The molecule has 3 atom stereocenters. The van der Waals surface area contributed by atoms with Gasteiger partial charge in [-0.15, -0.1) is 0 Å². The lowest BCUT2D eigenvalue weighted by molar-refractivity contribution is 0.143. The van der Waals surface area contributed by atoms with Crippen LogP contribution in [-0.2, 0) is 17.2 Å². The van der Waals surface area contributed by atoms with Crippen molar-refractivity contribution in [2.24, 2.45) is 11.8 Å². The molecule has 3 heterocycles. The molecule has 2 bridgehead atoms. The zero-order valence-electron chi connectivity index (χ0n) is 18.2. The Labute approximate surface area is 197 Å². The fourth-order valence-electron chi connectivity index (χ4n) is 6.38. The summed E-state index contributed by atoms with van der Waals surface area (Å²) in [5.41, 5.74) is 2.28. The lowest BCUT2D eigenvalue weighted by atomic mass is 9.77. The number of aryl methyl sites for hydroxylation is 1. The molecular formula is C25H30ClN3O2S. The molecule has 7 heteroatoms. The second kappa shape index (κ2) is 8.00. The van der Waals surface area contributed by atoms with Crippen LogP contribution in [0.2, 0.25) is 5.02 Å². The Hall–Kier alpha value is -1.63. The van der Waals surface area contributed by atoms with E-state index in [4.69, 9.17) is 16.6 Å². The van der Waals surface area contributed by atoms with Gasteiger partial charge < -0.3 is 15.3 Å². The van der Waals surface area contributed by atoms with Crippen molar-refractivity contribution in [1.82, 2.24) is 4.98 Å². The van der Waals surface area contributed by atoms with Gasteiger partial charge in [0.2, 0.25) is 0 Å². The summed E-state index contributed by atoms with van der Waals surface area (Å²) in [6, 6.07) is 10.6. The minimum atomic E-state index is -1.01. The number of hydrogen-bond acceptors (Lipinski definition) is 5. The molecule has 0 spiro atoms. The number of hydrogen-bond donors (Lipinski definition) is 2. The maximum atomic E-state index is 12.7. The van der Waals surface area contributed by atoms with Crippen molar-refractivity contribution in [1.29, 1.82) is 0 Å². The van der Waals surface area contributed by atoms with Crippen molar-refractivity contribution in [3.05, 3.63) is 46.5 Å². The molecule has 2 unspecified atom stereocenters. The van der Waals surface area contributed by atoms with Crippen LogP contribution in [0.4, 0.5) is 11.6 Å². The third kappa shape index (κ3) is 3.46. The topological polar surface area (TPSA) is 65.5 Å². The van der Waals surface area contributed by atoms with E-state index in [-0.39, 0.29) is 12.1 Å². The van der Waals surface area contributed by atoms with E-state index >= 15 is 0 Å². The summed E-state index contributed by atoms with van der Waals surface area (Å²) in [5, 5.41) is 14.3. The van der Waals surface area contributed by atoms with Gasteiger partial charge in [0.15, 0.2) is 0 Å². The second-order valence-electron chi connectivity index (χ2n) is 10.1. The van der Waals surface area contributed by atoms with Gasteiger partial charge in [-0.3, -0.25) is 4.21 Å². The van der Waals surface area contributed by atoms with Crippen LogP contribution >= 0.6 is 11.6 Å². The van der Waals surface area contributed by atoms with Crippen LogP contribution in [0.5, 0.6) is 0 Å². The van der Waals surface area contributed by atoms with Gasteiger partial charge in [-0.05, 0) is 85.6 Å². The Kier molecular flexibility index (Phi) is 5.23. The van der Waals surface area contributed by atoms with Gasteiger partial charge in [0.25, 0.3) is 0 Å². The lowest BCUT2D eigenvalue weighted by Gasteiger charge is -2.42. The Morgan fingerprint density at radius 1 is 1.19 bits per heavy atom. The molecule has 2 aliphatic heterocycles. The summed E-state index contributed by atoms with van der Waals surface area (Å²) in [5.74, 6) is 4.25. The minimum absolute atomic E-state index is 0.0942. The van der Waals surface area contributed by atoms with Crippen LogP contribution in [-0.4, -0.2) is 45.3 Å². The van der Waals surface area contributed by atoms with E-state index in [9.17, 15) is 9.32 Å². The second-order valence-corrected chi connectivity index (χ2v) is 12.1. The summed E-state index contributed by atoms with van der Waals surface area (Å²) < 4.78 is 12.7. The van der Waals surface area contributed by atoms with Crippen LogP contribution in [0.3, 0.4) is 0 Å². The predicted octanol–water partition coefficient (Wildman–Crippen LogP) is 4.36. The van der Waals surface area contributed by atoms with E-state index < -0.39 is 10.8 Å². The molecule has 0 radical (unpaired) electrons. The maximum absolute atomic E-state index is 12.7. The van der Waals surface area contributed by atoms with Crippen molar-refractivity contribution in [3.63, 3.8) is 0 Å². The van der Waals surface area contributed by atoms with Crippen molar-refractivity contribution in [2.75, 3.05) is 35.7 Å². The number of anilines is 2. The predicted molar refractivity (Wildman–Crippen MR) is 129 cm³/mol. The molecular weight excluding hydrogens is 442 g/mol. The lowest BCUT2D eigenvalue weighted by Crippen LogP contribution is -2.49. The summed E-state index contributed by atoms with van der Waals surface area (Å²) in [6.07, 6.45) is 6.33. The number of aliphatic hydroxyl groups is 1. The van der Waals surface area contributed by atoms with Gasteiger partial charge in [-0.25, -0.2) is 4.98 Å². The van der Waals surface area contributed by atoms with E-state index in [0.717, 1.165) is 65.9 Å². The third-order valence-electron chi connectivity index (χ3n) is 8.23. The number of piperidine rings is 1. The smallest absolute Gasteiger partial charge is 0.145 e. The minimum Gasteiger partial charge on any atom is -0.394 e. The monoisotopic (exact) mass is 471 g/mol. The highest BCUT2D eigenvalue weighted by atomic mass is 35.5. The first kappa shape index (κ1) is 20.9. The zero-order valence-corrected chi connectivity index (χ0v) is 19.8. The number of aliphatic hydroxyl groups excluding tert-OH is 1. The molecule has 2 N–H and O–H groups in total. The largest absolute Gasteiger partial charge is 0.394 e. The molecule has 1 aromatic carbocycles. The van der Waals surface area contributed by atoms with Crippen molar-refractivity contribution < 1.29 is 9.32 Å². The first-order valence-corrected chi connectivity index (χ1v) is 13.6. The molecule has 3 fully saturated rings. The fourth-order valence-corrected chi connectivity index (χ4v) is 7.88. The highest BCUT2D eigenvalue weighted by molar-refractivity contribution is 7.85. The molecule has 2 saturated carbocycles. The van der Waals surface area contributed by atoms with Crippen molar-refractivity contribution in [3.8, 4) is 0 Å². The summed E-state index contributed by atoms with van der Waals surface area (Å²) in [6.45, 7) is 2.10. The van der Waals surface area contributed by atoms with Crippen LogP contribution in [0.25, 0.3) is 0 Å². The molecule has 1 aromatic heterocycles. The van der Waals surface area contributed by atoms with Gasteiger partial charge in [-0.1, -0.05) is 23.7 Å². The van der Waals surface area contributed by atoms with E-state index in [2.05, 4.69) is 28.4 Å². The van der Waals surface area contributed by atoms with Gasteiger partial charge in [0, 0.05) is 23.9 Å². The Morgan fingerprint density at radius 3 is 2.53 bits per heavy atom. The van der Waals surface area contributed by atoms with Gasteiger partial charge in [0.05, 0.1) is 27.8 Å². The standard InChI is InChI=1S/C25H30ClN3O2S/c26-20-6-4-16(5-7-20)22-18-2-3-19(22)14-29(13-18)21-12-17-8-11-32(31)23(17)24(27-21)28-25(15-30)9-1-10-25/h4-7,12,18-19,22,30H,1-3,8-11,13-15H2,(H,27,28)/t18?,19?,22?,32-/m0/s1. The molecule has 170 valence electrons. The van der Waals surface area contributed by atoms with E-state index in [1.165, 1.54) is 18.4 Å². The maximum Gasteiger partial charge on any atom is 0.145 e. The average molecular weight is 472 g/mol. The number of aromatic nitrogens is 1. The number of nitrogens with one attached hydrogen (secondary N) is 1. The summed E-state index contributed by atoms with van der Waals surface area (Å²) in [4.78, 5) is 8.35. The first-order chi connectivity index (χ1) is 15.5. The highest BCUT2D eigenvalue weighted by Crippen LogP contribution is 2.49. The third-order valence-corrected chi connectivity index (χ3v) is 9.97. The summed E-state index contributed by atoms with van der Waals surface area (Å²) >= 11 is 6.12. The molecule has 2 aliphatic carbocycles. The fraction of sp³-hybridized carbons (Fsp3) is 0.560. The van der Waals surface area contributed by atoms with Crippen LogP contribution in [0.15, 0.2) is 35.2 Å². The van der Waals surface area contributed by atoms with Gasteiger partial charge >= 0.3 is 0 Å². The van der Waals surface area contributed by atoms with Gasteiger partial charge in [-0.2, -0.15) is 0 Å². The highest BCUT2D eigenvalue weighted by Gasteiger charge is 2.44. The SMILES string of the molecule is O=[S@]1CCc2cc(N3CC4CCC(C3)C4c3ccc(Cl)cc3)nc(NC3(CO)CCC3)c21. The van der Waals surface area contributed by atoms with E-state index in [1.54, 1.807) is 0 Å². The van der Waals surface area contributed by atoms with E-state index in [0.29, 0.717) is 23.5 Å². The summed E-state index contributed by atoms with van der Waals surface area (Å²) in [7, 11) is -1.01. The number of halogens is 1.